The summed E-state index contributed by atoms with van der Waals surface area (Å²) in [6, 6.07) is 4.96. The average molecular weight is 223 g/mol. The van der Waals surface area contributed by atoms with Crippen molar-refractivity contribution < 1.29 is 9.18 Å². The average Bonchev–Trinajstić information content (AvgIpc) is 2.22. The Bertz CT molecular complexity index is 374. The van der Waals surface area contributed by atoms with E-state index in [0.29, 0.717) is 0 Å². The van der Waals surface area contributed by atoms with Gasteiger partial charge >= 0.3 is 0 Å². The van der Waals surface area contributed by atoms with Crippen molar-refractivity contribution in [2.45, 2.75) is 33.6 Å². The van der Waals surface area contributed by atoms with Crippen LogP contribution in [0.3, 0.4) is 0 Å². The van der Waals surface area contributed by atoms with Crippen LogP contribution in [0, 0.1) is 11.7 Å². The minimum absolute atomic E-state index is 0.144. The number of halogens is 1. The van der Waals surface area contributed by atoms with Gasteiger partial charge < -0.3 is 5.32 Å². The minimum Gasteiger partial charge on any atom is -0.323 e. The number of nitrogens with one attached hydrogen (secondary N) is 1. The highest BCUT2D eigenvalue weighted by Crippen LogP contribution is 2.17. The van der Waals surface area contributed by atoms with Crippen molar-refractivity contribution in [2.75, 3.05) is 5.32 Å². The fourth-order valence-electron chi connectivity index (χ4n) is 1.38. The predicted molar refractivity (Wildman–Crippen MR) is 63.9 cm³/mol. The quantitative estimate of drug-likeness (QED) is 0.833. The maximum atomic E-state index is 13.6. The molecule has 0 atom stereocenters. The Hall–Kier alpha value is -1.38. The second-order valence-corrected chi connectivity index (χ2v) is 4.21. The van der Waals surface area contributed by atoms with Gasteiger partial charge in [-0.05, 0) is 24.1 Å². The maximum Gasteiger partial charge on any atom is 0.227 e. The van der Waals surface area contributed by atoms with Gasteiger partial charge in [-0.15, -0.1) is 0 Å². The van der Waals surface area contributed by atoms with E-state index in [9.17, 15) is 9.18 Å². The van der Waals surface area contributed by atoms with Gasteiger partial charge in [-0.2, -0.15) is 0 Å². The lowest BCUT2D eigenvalue weighted by atomic mass is 10.1. The van der Waals surface area contributed by atoms with Crippen molar-refractivity contribution in [2.24, 2.45) is 5.92 Å². The molecule has 1 aromatic rings. The number of benzene rings is 1. The zero-order valence-electron chi connectivity index (χ0n) is 10.0. The summed E-state index contributed by atoms with van der Waals surface area (Å²) in [7, 11) is 0. The van der Waals surface area contributed by atoms with E-state index in [0.717, 1.165) is 18.4 Å². The lowest BCUT2D eigenvalue weighted by Gasteiger charge is -2.09. The van der Waals surface area contributed by atoms with E-state index in [1.807, 2.05) is 13.0 Å². The molecule has 0 radical (unpaired) electrons. The van der Waals surface area contributed by atoms with Gasteiger partial charge in [0.05, 0.1) is 5.69 Å². The summed E-state index contributed by atoms with van der Waals surface area (Å²) in [6.45, 7) is 5.60. The van der Waals surface area contributed by atoms with Gasteiger partial charge in [0.15, 0.2) is 0 Å². The highest BCUT2D eigenvalue weighted by Gasteiger charge is 2.10. The molecule has 0 aromatic heterocycles. The van der Waals surface area contributed by atoms with Gasteiger partial charge in [0.1, 0.15) is 5.82 Å². The van der Waals surface area contributed by atoms with Crippen LogP contribution in [0.15, 0.2) is 18.2 Å². The van der Waals surface area contributed by atoms with Gasteiger partial charge in [-0.1, -0.05) is 33.3 Å². The first-order valence-corrected chi connectivity index (χ1v) is 5.64. The number of anilines is 1. The van der Waals surface area contributed by atoms with Crippen molar-refractivity contribution in [1.82, 2.24) is 0 Å². The molecule has 2 nitrogen and oxygen atoms in total. The van der Waals surface area contributed by atoms with Crippen molar-refractivity contribution in [1.29, 1.82) is 0 Å². The van der Waals surface area contributed by atoms with Gasteiger partial charge in [0.25, 0.3) is 0 Å². The molecule has 0 saturated carbocycles. The fraction of sp³-hybridized carbons (Fsp3) is 0.462. The third-order valence-corrected chi connectivity index (χ3v) is 2.35. The Balaban J connectivity index is 2.79. The summed E-state index contributed by atoms with van der Waals surface area (Å²) in [5.74, 6) is -0.670. The second-order valence-electron chi connectivity index (χ2n) is 4.21. The van der Waals surface area contributed by atoms with Gasteiger partial charge in [-0.3, -0.25) is 4.79 Å². The molecular weight excluding hydrogens is 205 g/mol. The van der Waals surface area contributed by atoms with Crippen LogP contribution in [0.2, 0.25) is 0 Å². The zero-order chi connectivity index (χ0) is 12.1. The van der Waals surface area contributed by atoms with E-state index < -0.39 is 0 Å². The minimum atomic E-state index is -0.361. The third kappa shape index (κ3) is 3.33. The Morgan fingerprint density at radius 3 is 2.62 bits per heavy atom. The van der Waals surface area contributed by atoms with E-state index in [2.05, 4.69) is 5.32 Å². The Morgan fingerprint density at radius 2 is 2.12 bits per heavy atom. The lowest BCUT2D eigenvalue weighted by molar-refractivity contribution is -0.118. The molecule has 0 fully saturated rings. The van der Waals surface area contributed by atoms with Crippen LogP contribution in [0.1, 0.15) is 32.8 Å². The highest BCUT2D eigenvalue weighted by atomic mass is 19.1. The molecule has 1 N–H and O–H groups in total. The molecule has 0 unspecified atom stereocenters. The summed E-state index contributed by atoms with van der Waals surface area (Å²) in [6.07, 6.45) is 1.84. The first kappa shape index (κ1) is 12.7. The topological polar surface area (TPSA) is 29.1 Å². The Labute approximate surface area is 95.9 Å². The van der Waals surface area contributed by atoms with E-state index >= 15 is 0 Å². The predicted octanol–water partition coefficient (Wildman–Crippen LogP) is 3.37. The molecule has 3 heteroatoms. The molecule has 1 aromatic carbocycles. The molecule has 0 bridgehead atoms. The standard InChI is InChI=1S/C13H18FNO/c1-4-5-10-6-7-12(11(14)8-10)15-13(16)9(2)3/h6-9H,4-5H2,1-3H3,(H,15,16). The van der Waals surface area contributed by atoms with Crippen LogP contribution in [0.4, 0.5) is 10.1 Å². The molecule has 88 valence electrons. The maximum absolute atomic E-state index is 13.6. The Kier molecular flexibility index (Phi) is 4.47. The van der Waals surface area contributed by atoms with Crippen LogP contribution in [-0.2, 0) is 11.2 Å². The lowest BCUT2D eigenvalue weighted by Crippen LogP contribution is -2.18. The first-order chi connectivity index (χ1) is 7.54. The Morgan fingerprint density at radius 1 is 1.44 bits per heavy atom. The van der Waals surface area contributed by atoms with Crippen molar-refractivity contribution >= 4 is 11.6 Å². The smallest absolute Gasteiger partial charge is 0.227 e. The van der Waals surface area contributed by atoms with Crippen molar-refractivity contribution in [3.8, 4) is 0 Å². The van der Waals surface area contributed by atoms with Gasteiger partial charge in [0.2, 0.25) is 5.91 Å². The molecule has 1 amide bonds. The molecular formula is C13H18FNO. The molecule has 0 saturated heterocycles. The number of rotatable bonds is 4. The number of carbonyl (C=O) groups is 1. The molecule has 0 heterocycles. The number of hydrogen-bond donors (Lipinski definition) is 1. The van der Waals surface area contributed by atoms with Crippen LogP contribution in [0.25, 0.3) is 0 Å². The number of aryl methyl sites for hydroxylation is 1. The van der Waals surface area contributed by atoms with Crippen molar-refractivity contribution in [3.05, 3.63) is 29.6 Å². The van der Waals surface area contributed by atoms with Crippen molar-refractivity contribution in [3.63, 3.8) is 0 Å². The monoisotopic (exact) mass is 223 g/mol. The molecule has 0 aliphatic carbocycles. The summed E-state index contributed by atoms with van der Waals surface area (Å²) in [4.78, 5) is 11.4. The van der Waals surface area contributed by atoms with Crippen LogP contribution >= 0.6 is 0 Å². The van der Waals surface area contributed by atoms with Gasteiger partial charge in [0, 0.05) is 5.92 Å². The second kappa shape index (κ2) is 5.64. The third-order valence-electron chi connectivity index (χ3n) is 2.35. The van der Waals surface area contributed by atoms with E-state index in [1.165, 1.54) is 6.07 Å². The molecule has 0 spiro atoms. The van der Waals surface area contributed by atoms with E-state index in [-0.39, 0.29) is 23.3 Å². The number of hydrogen-bond acceptors (Lipinski definition) is 1. The van der Waals surface area contributed by atoms with Crippen LogP contribution in [-0.4, -0.2) is 5.91 Å². The summed E-state index contributed by atoms with van der Waals surface area (Å²) < 4.78 is 13.6. The number of carbonyl (C=O) groups excluding carboxylic acids is 1. The van der Waals surface area contributed by atoms with Crippen LogP contribution in [0.5, 0.6) is 0 Å². The van der Waals surface area contributed by atoms with E-state index in [1.54, 1.807) is 19.9 Å². The molecule has 0 aliphatic rings. The summed E-state index contributed by atoms with van der Waals surface area (Å²) in [5.41, 5.74) is 1.22. The normalized spacial score (nSPS) is 10.6. The van der Waals surface area contributed by atoms with E-state index in [4.69, 9.17) is 0 Å². The number of amides is 1. The molecule has 16 heavy (non-hydrogen) atoms. The SMILES string of the molecule is CCCc1ccc(NC(=O)C(C)C)c(F)c1. The summed E-state index contributed by atoms with van der Waals surface area (Å²) in [5, 5.41) is 2.57. The largest absolute Gasteiger partial charge is 0.323 e. The molecule has 1 rings (SSSR count). The molecule has 0 aliphatic heterocycles. The van der Waals surface area contributed by atoms with Gasteiger partial charge in [-0.25, -0.2) is 4.39 Å². The fourth-order valence-corrected chi connectivity index (χ4v) is 1.38. The zero-order valence-corrected chi connectivity index (χ0v) is 10.0. The first-order valence-electron chi connectivity index (χ1n) is 5.64. The van der Waals surface area contributed by atoms with Crippen LogP contribution < -0.4 is 5.32 Å². The highest BCUT2D eigenvalue weighted by molar-refractivity contribution is 5.92. The summed E-state index contributed by atoms with van der Waals surface area (Å²) >= 11 is 0.